The number of nitrogens with zero attached hydrogens (tertiary/aromatic N) is 1. The van der Waals surface area contributed by atoms with E-state index in [9.17, 15) is 0 Å². The third-order valence-corrected chi connectivity index (χ3v) is 6.44. The van der Waals surface area contributed by atoms with Gasteiger partial charge in [0.25, 0.3) is 0 Å². The summed E-state index contributed by atoms with van der Waals surface area (Å²) in [6, 6.07) is 2.10. The molecule has 0 fully saturated rings. The molecule has 25 heavy (non-hydrogen) atoms. The van der Waals surface area contributed by atoms with Gasteiger partial charge in [-0.25, -0.2) is 4.39 Å². The molecule has 1 aromatic heterocycles. The van der Waals surface area contributed by atoms with Crippen LogP contribution in [0.3, 0.4) is 0 Å². The van der Waals surface area contributed by atoms with E-state index < -0.39 is 0 Å². The number of pyridine rings is 1. The highest BCUT2D eigenvalue weighted by atomic mass is 19.1. The van der Waals surface area contributed by atoms with Crippen LogP contribution in [0.1, 0.15) is 67.0 Å². The fourth-order valence-electron chi connectivity index (χ4n) is 4.46. The second-order valence-electron chi connectivity index (χ2n) is 8.40. The summed E-state index contributed by atoms with van der Waals surface area (Å²) in [5, 5.41) is 2.48. The molecule has 0 bridgehead atoms. The lowest BCUT2D eigenvalue weighted by atomic mass is 9.64. The van der Waals surface area contributed by atoms with Crippen LogP contribution in [0.5, 0.6) is 0 Å². The van der Waals surface area contributed by atoms with E-state index in [0.717, 1.165) is 29.7 Å². The van der Waals surface area contributed by atoms with E-state index in [0.29, 0.717) is 11.8 Å². The number of hydrogen-bond acceptors (Lipinski definition) is 1. The van der Waals surface area contributed by atoms with Crippen molar-refractivity contribution < 1.29 is 4.39 Å². The van der Waals surface area contributed by atoms with Crippen molar-refractivity contribution in [2.45, 2.75) is 61.3 Å². The molecule has 0 N–H and O–H groups in total. The molecular formula is C23H30FN. The van der Waals surface area contributed by atoms with Crippen LogP contribution in [0.25, 0.3) is 16.7 Å². The topological polar surface area (TPSA) is 12.9 Å². The normalized spacial score (nSPS) is 23.0. The molecule has 0 spiro atoms. The van der Waals surface area contributed by atoms with Crippen molar-refractivity contribution in [2.75, 3.05) is 0 Å². The first-order chi connectivity index (χ1) is 11.7. The molecule has 1 heterocycles. The second-order valence-corrected chi connectivity index (χ2v) is 8.40. The zero-order valence-electron chi connectivity index (χ0n) is 16.6. The van der Waals surface area contributed by atoms with Crippen LogP contribution in [-0.2, 0) is 0 Å². The molecule has 2 aliphatic rings. The van der Waals surface area contributed by atoms with Gasteiger partial charge in [0.1, 0.15) is 5.83 Å². The molecule has 3 rings (SSSR count). The summed E-state index contributed by atoms with van der Waals surface area (Å²) in [6.07, 6.45) is 5.56. The Bertz CT molecular complexity index is 895. The Kier molecular flexibility index (Phi) is 4.51. The number of aromatic nitrogens is 1. The highest BCUT2D eigenvalue weighted by Gasteiger charge is 2.41. The quantitative estimate of drug-likeness (QED) is 0.725. The number of rotatable bonds is 2. The first-order valence-corrected chi connectivity index (χ1v) is 9.46. The van der Waals surface area contributed by atoms with Crippen LogP contribution < -0.4 is 10.4 Å². The molecule has 0 saturated carbocycles. The predicted octanol–water partition coefficient (Wildman–Crippen LogP) is 5.16. The van der Waals surface area contributed by atoms with Gasteiger partial charge in [0.05, 0.1) is 5.69 Å². The van der Waals surface area contributed by atoms with Gasteiger partial charge < -0.3 is 0 Å². The van der Waals surface area contributed by atoms with Gasteiger partial charge in [-0.15, -0.1) is 0 Å². The van der Waals surface area contributed by atoms with Crippen LogP contribution in [0.4, 0.5) is 4.39 Å². The number of halogens is 1. The van der Waals surface area contributed by atoms with Crippen molar-refractivity contribution in [3.63, 3.8) is 0 Å². The molecule has 1 aromatic rings. The van der Waals surface area contributed by atoms with Crippen molar-refractivity contribution in [1.82, 2.24) is 4.98 Å². The minimum Gasteiger partial charge on any atom is -0.256 e. The molecule has 0 aliphatic heterocycles. The maximum absolute atomic E-state index is 15.0. The molecule has 1 nitrogen and oxygen atoms in total. The predicted molar refractivity (Wildman–Crippen MR) is 105 cm³/mol. The summed E-state index contributed by atoms with van der Waals surface area (Å²) in [4.78, 5) is 4.78. The van der Waals surface area contributed by atoms with E-state index in [4.69, 9.17) is 4.98 Å². The highest BCUT2D eigenvalue weighted by molar-refractivity contribution is 5.83. The SMILES string of the molecule is CCC(C)C1CC=C(F)C2=C1c1nccc(=C(C)C)c1=C(C)C2(C)C. The van der Waals surface area contributed by atoms with Crippen LogP contribution >= 0.6 is 0 Å². The van der Waals surface area contributed by atoms with Gasteiger partial charge in [-0.1, -0.05) is 45.3 Å². The largest absolute Gasteiger partial charge is 0.256 e. The zero-order valence-corrected chi connectivity index (χ0v) is 16.6. The van der Waals surface area contributed by atoms with Crippen molar-refractivity contribution in [3.05, 3.63) is 45.9 Å². The summed E-state index contributed by atoms with van der Waals surface area (Å²) >= 11 is 0. The van der Waals surface area contributed by atoms with E-state index in [2.05, 4.69) is 54.5 Å². The maximum atomic E-state index is 15.0. The molecule has 2 unspecified atom stereocenters. The minimum atomic E-state index is -0.317. The Labute approximate surface area is 151 Å². The average molecular weight is 339 g/mol. The number of allylic oxidation sites excluding steroid dienone is 4. The summed E-state index contributed by atoms with van der Waals surface area (Å²) in [5.74, 6) is 0.799. The van der Waals surface area contributed by atoms with Gasteiger partial charge in [-0.05, 0) is 62.0 Å². The highest BCUT2D eigenvalue weighted by Crippen LogP contribution is 2.51. The fraction of sp³-hybridized carbons (Fsp3) is 0.522. The summed E-state index contributed by atoms with van der Waals surface area (Å²) < 4.78 is 15.0. The smallest absolute Gasteiger partial charge is 0.123 e. The Hall–Kier alpha value is -1.70. The van der Waals surface area contributed by atoms with E-state index in [1.807, 2.05) is 6.20 Å². The Morgan fingerprint density at radius 2 is 2.04 bits per heavy atom. The van der Waals surface area contributed by atoms with Crippen molar-refractivity contribution in [2.24, 2.45) is 17.3 Å². The minimum absolute atomic E-state index is 0.0473. The van der Waals surface area contributed by atoms with Crippen molar-refractivity contribution >= 4 is 16.7 Å². The molecule has 134 valence electrons. The van der Waals surface area contributed by atoms with Gasteiger partial charge in [0.2, 0.25) is 0 Å². The zero-order chi connectivity index (χ0) is 18.5. The van der Waals surface area contributed by atoms with Gasteiger partial charge >= 0.3 is 0 Å². The monoisotopic (exact) mass is 339 g/mol. The molecule has 2 atom stereocenters. The maximum Gasteiger partial charge on any atom is 0.123 e. The molecule has 0 amide bonds. The van der Waals surface area contributed by atoms with E-state index in [1.54, 1.807) is 6.08 Å². The van der Waals surface area contributed by atoms with Crippen molar-refractivity contribution in [3.8, 4) is 0 Å². The average Bonchev–Trinajstić information content (AvgIpc) is 2.58. The molecule has 0 saturated heterocycles. The molecular weight excluding hydrogens is 309 g/mol. The third kappa shape index (κ3) is 2.61. The molecule has 2 aliphatic carbocycles. The van der Waals surface area contributed by atoms with Crippen LogP contribution in [0, 0.1) is 17.3 Å². The van der Waals surface area contributed by atoms with Gasteiger partial charge in [0.15, 0.2) is 0 Å². The van der Waals surface area contributed by atoms with Gasteiger partial charge in [-0.3, -0.25) is 4.98 Å². The third-order valence-electron chi connectivity index (χ3n) is 6.44. The molecule has 2 heteroatoms. The van der Waals surface area contributed by atoms with Crippen LogP contribution in [-0.4, -0.2) is 4.98 Å². The molecule has 0 aromatic carbocycles. The van der Waals surface area contributed by atoms with Crippen molar-refractivity contribution in [1.29, 1.82) is 0 Å². The standard InChI is InChI=1S/C23H30FN/c1-8-14(4)17-9-10-18(24)21-20(17)22-19(15(5)23(21,6)7)16(13(2)3)11-12-25-22/h10-12,14,17H,8-9H2,1-7H3. The van der Waals surface area contributed by atoms with E-state index in [-0.39, 0.29) is 11.2 Å². The first kappa shape index (κ1) is 18.1. The Morgan fingerprint density at radius 3 is 2.64 bits per heavy atom. The van der Waals surface area contributed by atoms with Gasteiger partial charge in [-0.2, -0.15) is 0 Å². The molecule has 0 radical (unpaired) electrons. The summed E-state index contributed by atoms with van der Waals surface area (Å²) in [7, 11) is 0. The van der Waals surface area contributed by atoms with E-state index >= 15 is 4.39 Å². The fourth-order valence-corrected chi connectivity index (χ4v) is 4.46. The summed E-state index contributed by atoms with van der Waals surface area (Å²) in [5.41, 5.74) is 5.22. The lowest BCUT2D eigenvalue weighted by molar-refractivity contribution is 0.407. The van der Waals surface area contributed by atoms with E-state index in [1.165, 1.54) is 21.6 Å². The second kappa shape index (κ2) is 6.23. The number of fused-ring (bicyclic) bond motifs is 2. The lowest BCUT2D eigenvalue weighted by Gasteiger charge is -2.41. The Balaban J connectivity index is 2.49. The first-order valence-electron chi connectivity index (χ1n) is 9.46. The van der Waals surface area contributed by atoms with Crippen LogP contribution in [0.2, 0.25) is 0 Å². The summed E-state index contributed by atoms with van der Waals surface area (Å²) in [6.45, 7) is 15.3. The Morgan fingerprint density at radius 1 is 1.36 bits per heavy atom. The van der Waals surface area contributed by atoms with Gasteiger partial charge in [0, 0.05) is 22.4 Å². The lowest BCUT2D eigenvalue weighted by Crippen LogP contribution is -2.42. The number of hydrogen-bond donors (Lipinski definition) is 0. The van der Waals surface area contributed by atoms with Crippen LogP contribution in [0.15, 0.2) is 29.7 Å².